The molecular weight excluding hydrogens is 354 g/mol. The van der Waals surface area contributed by atoms with Gasteiger partial charge in [-0.1, -0.05) is 50.1 Å². The fraction of sp³-hybridized carbons (Fsp3) is 0.591. The summed E-state index contributed by atoms with van der Waals surface area (Å²) in [4.78, 5) is 36.5. The van der Waals surface area contributed by atoms with Gasteiger partial charge in [0.05, 0.1) is 0 Å². The quantitative estimate of drug-likeness (QED) is 0.641. The van der Waals surface area contributed by atoms with Gasteiger partial charge in [0.2, 0.25) is 17.7 Å². The van der Waals surface area contributed by atoms with Crippen molar-refractivity contribution >= 4 is 17.7 Å². The zero-order valence-corrected chi connectivity index (χ0v) is 17.2. The predicted molar refractivity (Wildman–Crippen MR) is 109 cm³/mol. The van der Waals surface area contributed by atoms with E-state index in [-0.39, 0.29) is 35.6 Å². The summed E-state index contributed by atoms with van der Waals surface area (Å²) in [6.45, 7) is 5.62. The first-order valence-electron chi connectivity index (χ1n) is 10.3. The molecule has 3 N–H and O–H groups in total. The van der Waals surface area contributed by atoms with Crippen LogP contribution in [0.3, 0.4) is 0 Å². The van der Waals surface area contributed by atoms with Gasteiger partial charge in [0.15, 0.2) is 0 Å². The highest BCUT2D eigenvalue weighted by molar-refractivity contribution is 5.86. The van der Waals surface area contributed by atoms with E-state index in [1.54, 1.807) is 6.92 Å². The lowest BCUT2D eigenvalue weighted by Gasteiger charge is -2.37. The summed E-state index contributed by atoms with van der Waals surface area (Å²) in [6.07, 6.45) is 4.64. The molecule has 1 aliphatic carbocycles. The highest BCUT2D eigenvalue weighted by Crippen LogP contribution is 2.32. The second kappa shape index (κ2) is 10.8. The van der Waals surface area contributed by atoms with Crippen molar-refractivity contribution in [3.8, 4) is 0 Å². The number of carbonyl (C=O) groups is 3. The molecule has 0 spiro atoms. The lowest BCUT2D eigenvalue weighted by atomic mass is 9.74. The summed E-state index contributed by atoms with van der Waals surface area (Å²) < 4.78 is 0. The van der Waals surface area contributed by atoms with Crippen LogP contribution in [0.1, 0.15) is 58.4 Å². The largest absolute Gasteiger partial charge is 0.352 e. The minimum atomic E-state index is -0.577. The van der Waals surface area contributed by atoms with Crippen molar-refractivity contribution in [3.63, 3.8) is 0 Å². The number of hydrogen-bond donors (Lipinski definition) is 3. The molecule has 0 bridgehead atoms. The van der Waals surface area contributed by atoms with E-state index >= 15 is 0 Å². The summed E-state index contributed by atoms with van der Waals surface area (Å²) in [5, 5.41) is 8.77. The summed E-state index contributed by atoms with van der Waals surface area (Å²) in [5.41, 5.74) is 1.07. The van der Waals surface area contributed by atoms with Gasteiger partial charge in [0.1, 0.15) is 6.04 Å². The molecule has 6 nitrogen and oxygen atoms in total. The van der Waals surface area contributed by atoms with Gasteiger partial charge in [-0.15, -0.1) is 0 Å². The van der Waals surface area contributed by atoms with Gasteiger partial charge in [-0.3, -0.25) is 14.4 Å². The molecule has 1 aliphatic rings. The van der Waals surface area contributed by atoms with Gasteiger partial charge in [-0.25, -0.2) is 0 Å². The minimum absolute atomic E-state index is 0.0371. The average Bonchev–Trinajstić information content (AvgIpc) is 2.68. The van der Waals surface area contributed by atoms with Crippen LogP contribution in [0.15, 0.2) is 30.3 Å². The van der Waals surface area contributed by atoms with Crippen LogP contribution < -0.4 is 16.0 Å². The maximum Gasteiger partial charge on any atom is 0.242 e. The first-order chi connectivity index (χ1) is 13.4. The number of nitrogens with one attached hydrogen (secondary N) is 3. The third kappa shape index (κ3) is 6.36. The highest BCUT2D eigenvalue weighted by atomic mass is 16.2. The molecule has 0 radical (unpaired) electrons. The number of rotatable bonds is 8. The van der Waals surface area contributed by atoms with Crippen LogP contribution in [0, 0.1) is 11.8 Å². The number of hydrogen-bond acceptors (Lipinski definition) is 3. The summed E-state index contributed by atoms with van der Waals surface area (Å²) in [6, 6.07) is 9.25. The van der Waals surface area contributed by atoms with E-state index in [0.717, 1.165) is 37.7 Å². The van der Waals surface area contributed by atoms with E-state index < -0.39 is 6.04 Å². The van der Waals surface area contributed by atoms with Gasteiger partial charge in [-0.05, 0) is 37.7 Å². The first-order valence-corrected chi connectivity index (χ1v) is 10.3. The first kappa shape index (κ1) is 21.9. The predicted octanol–water partition coefficient (Wildman–Crippen LogP) is 2.53. The summed E-state index contributed by atoms with van der Waals surface area (Å²) in [5.74, 6) is -0.387. The Labute approximate surface area is 167 Å². The standard InChI is InChI=1S/C22H33N3O3/c1-4-18(22(28)23-14-17-10-6-5-7-11-17)19-12-8-9-13-20(19)25-21(27)15(2)24-16(3)26/h5-7,10-11,15,18-20H,4,8-9,12-14H2,1-3H3,(H,23,28)(H,24,26)(H,25,27)/t15-,18-,19-,20-/m0/s1. The molecule has 1 aromatic rings. The molecule has 4 atom stereocenters. The molecule has 6 heteroatoms. The molecule has 3 amide bonds. The van der Waals surface area contributed by atoms with Gasteiger partial charge in [-0.2, -0.15) is 0 Å². The fourth-order valence-electron chi connectivity index (χ4n) is 4.10. The number of carbonyl (C=O) groups excluding carboxylic acids is 3. The maximum atomic E-state index is 12.9. The maximum absolute atomic E-state index is 12.9. The molecule has 28 heavy (non-hydrogen) atoms. The Morgan fingerprint density at radius 1 is 1.07 bits per heavy atom. The number of benzene rings is 1. The Balaban J connectivity index is 1.99. The Hall–Kier alpha value is -2.37. The Morgan fingerprint density at radius 3 is 2.39 bits per heavy atom. The van der Waals surface area contributed by atoms with Crippen LogP contribution in [-0.2, 0) is 20.9 Å². The smallest absolute Gasteiger partial charge is 0.242 e. The third-order valence-corrected chi connectivity index (χ3v) is 5.56. The van der Waals surface area contributed by atoms with Crippen LogP contribution >= 0.6 is 0 Å². The van der Waals surface area contributed by atoms with Gasteiger partial charge in [0, 0.05) is 25.4 Å². The molecule has 0 unspecified atom stereocenters. The SMILES string of the molecule is CC[C@H](C(=O)NCc1ccccc1)[C@@H]1CCCC[C@@H]1NC(=O)[C@H](C)NC(C)=O. The van der Waals surface area contributed by atoms with Crippen molar-refractivity contribution in [1.29, 1.82) is 0 Å². The average molecular weight is 388 g/mol. The zero-order valence-electron chi connectivity index (χ0n) is 17.2. The molecule has 1 aromatic carbocycles. The van der Waals surface area contributed by atoms with E-state index in [1.807, 2.05) is 37.3 Å². The van der Waals surface area contributed by atoms with Crippen molar-refractivity contribution in [2.24, 2.45) is 11.8 Å². The highest BCUT2D eigenvalue weighted by Gasteiger charge is 2.36. The molecule has 0 aromatic heterocycles. The second-order valence-electron chi connectivity index (χ2n) is 7.70. The topological polar surface area (TPSA) is 87.3 Å². The molecule has 0 aliphatic heterocycles. The van der Waals surface area contributed by atoms with Crippen molar-refractivity contribution in [3.05, 3.63) is 35.9 Å². The van der Waals surface area contributed by atoms with Gasteiger partial charge >= 0.3 is 0 Å². The van der Waals surface area contributed by atoms with Crippen molar-refractivity contribution in [2.75, 3.05) is 0 Å². The van der Waals surface area contributed by atoms with Crippen LogP contribution in [0.2, 0.25) is 0 Å². The Kier molecular flexibility index (Phi) is 8.48. The Bertz CT molecular complexity index is 662. The van der Waals surface area contributed by atoms with E-state index in [0.29, 0.717) is 6.54 Å². The molecule has 1 saturated carbocycles. The van der Waals surface area contributed by atoms with E-state index in [2.05, 4.69) is 16.0 Å². The van der Waals surface area contributed by atoms with Crippen LogP contribution in [0.25, 0.3) is 0 Å². The molecule has 2 rings (SSSR count). The molecule has 154 valence electrons. The van der Waals surface area contributed by atoms with Gasteiger partial charge < -0.3 is 16.0 Å². The molecular formula is C22H33N3O3. The van der Waals surface area contributed by atoms with Crippen molar-refractivity contribution in [2.45, 2.75) is 71.5 Å². The Morgan fingerprint density at radius 2 is 1.75 bits per heavy atom. The van der Waals surface area contributed by atoms with Crippen molar-refractivity contribution in [1.82, 2.24) is 16.0 Å². The second-order valence-corrected chi connectivity index (χ2v) is 7.70. The van der Waals surface area contributed by atoms with E-state index in [1.165, 1.54) is 6.92 Å². The normalized spacial score (nSPS) is 21.2. The van der Waals surface area contributed by atoms with Crippen LogP contribution in [0.5, 0.6) is 0 Å². The summed E-state index contributed by atoms with van der Waals surface area (Å²) in [7, 11) is 0. The van der Waals surface area contributed by atoms with E-state index in [9.17, 15) is 14.4 Å². The minimum Gasteiger partial charge on any atom is -0.352 e. The molecule has 0 heterocycles. The fourth-order valence-corrected chi connectivity index (χ4v) is 4.10. The summed E-state index contributed by atoms with van der Waals surface area (Å²) >= 11 is 0. The monoisotopic (exact) mass is 387 g/mol. The van der Waals surface area contributed by atoms with Crippen LogP contribution in [0.4, 0.5) is 0 Å². The van der Waals surface area contributed by atoms with E-state index in [4.69, 9.17) is 0 Å². The molecule has 1 fully saturated rings. The lowest BCUT2D eigenvalue weighted by molar-refractivity contribution is -0.131. The third-order valence-electron chi connectivity index (χ3n) is 5.56. The van der Waals surface area contributed by atoms with Crippen LogP contribution in [-0.4, -0.2) is 29.8 Å². The van der Waals surface area contributed by atoms with Gasteiger partial charge in [0.25, 0.3) is 0 Å². The molecule has 0 saturated heterocycles. The van der Waals surface area contributed by atoms with Crippen molar-refractivity contribution < 1.29 is 14.4 Å². The zero-order chi connectivity index (χ0) is 20.5. The lowest BCUT2D eigenvalue weighted by Crippen LogP contribution is -2.52. The number of amides is 3.